The molecule has 1 aliphatic carbocycles. The first kappa shape index (κ1) is 18.2. The molecular formula is C17H20Cl3FN2O. The summed E-state index contributed by atoms with van der Waals surface area (Å²) in [6.07, 6.45) is 2.53. The summed E-state index contributed by atoms with van der Waals surface area (Å²) in [5.41, 5.74) is -0.352. The van der Waals surface area contributed by atoms with Crippen molar-refractivity contribution >= 4 is 40.7 Å². The van der Waals surface area contributed by atoms with E-state index in [0.29, 0.717) is 17.0 Å². The smallest absolute Gasteiger partial charge is 0.229 e. The van der Waals surface area contributed by atoms with Crippen molar-refractivity contribution in [2.75, 3.05) is 19.6 Å². The molecule has 1 aromatic carbocycles. The van der Waals surface area contributed by atoms with Crippen molar-refractivity contribution in [2.45, 2.75) is 36.6 Å². The Morgan fingerprint density at radius 3 is 2.54 bits per heavy atom. The van der Waals surface area contributed by atoms with Gasteiger partial charge in [-0.25, -0.2) is 4.39 Å². The lowest BCUT2D eigenvalue weighted by atomic mass is 10.0. The predicted molar refractivity (Wildman–Crippen MR) is 95.1 cm³/mol. The highest BCUT2D eigenvalue weighted by Gasteiger charge is 2.67. The number of alkyl halides is 2. The molecule has 1 heterocycles. The number of carbonyl (C=O) groups excluding carboxylic acids is 1. The number of nitrogens with one attached hydrogen (secondary N) is 1. The van der Waals surface area contributed by atoms with Crippen LogP contribution < -0.4 is 5.32 Å². The Morgan fingerprint density at radius 2 is 2.00 bits per heavy atom. The largest absolute Gasteiger partial charge is 0.354 e. The van der Waals surface area contributed by atoms with Crippen LogP contribution in [0.3, 0.4) is 0 Å². The van der Waals surface area contributed by atoms with Crippen LogP contribution in [-0.4, -0.2) is 34.8 Å². The second-order valence-corrected chi connectivity index (χ2v) is 8.71. The fourth-order valence-electron chi connectivity index (χ4n) is 3.33. The molecule has 1 aliphatic heterocycles. The summed E-state index contributed by atoms with van der Waals surface area (Å²) < 4.78 is 13.4. The quantitative estimate of drug-likeness (QED) is 0.756. The van der Waals surface area contributed by atoms with Gasteiger partial charge in [-0.1, -0.05) is 17.7 Å². The first-order valence-corrected chi connectivity index (χ1v) is 9.24. The van der Waals surface area contributed by atoms with Crippen molar-refractivity contribution in [1.82, 2.24) is 10.2 Å². The molecule has 2 aliphatic rings. The van der Waals surface area contributed by atoms with Crippen molar-refractivity contribution < 1.29 is 9.18 Å². The van der Waals surface area contributed by atoms with Gasteiger partial charge in [0, 0.05) is 17.1 Å². The van der Waals surface area contributed by atoms with E-state index in [9.17, 15) is 9.18 Å². The first-order chi connectivity index (χ1) is 11.3. The summed E-state index contributed by atoms with van der Waals surface area (Å²) in [7, 11) is 0. The van der Waals surface area contributed by atoms with Crippen LogP contribution in [0.5, 0.6) is 0 Å². The van der Waals surface area contributed by atoms with E-state index in [2.05, 4.69) is 10.2 Å². The third-order valence-electron chi connectivity index (χ3n) is 5.13. The van der Waals surface area contributed by atoms with Crippen LogP contribution in [-0.2, 0) is 4.79 Å². The zero-order chi connectivity index (χ0) is 17.5. The molecule has 0 spiro atoms. The number of benzene rings is 1. The molecule has 1 aromatic rings. The van der Waals surface area contributed by atoms with Crippen LogP contribution >= 0.6 is 34.8 Å². The van der Waals surface area contributed by atoms with Gasteiger partial charge in [0.25, 0.3) is 0 Å². The molecule has 3 nitrogen and oxygen atoms in total. The van der Waals surface area contributed by atoms with Crippen LogP contribution in [0.4, 0.5) is 4.39 Å². The minimum atomic E-state index is -1.02. The SMILES string of the molecule is C[C@@]1(C(=O)NC[C@H](c2c(F)cccc2Cl)N2CCCC2)CC1(Cl)Cl. The molecular weight excluding hydrogens is 374 g/mol. The lowest BCUT2D eigenvalue weighted by molar-refractivity contribution is -0.126. The lowest BCUT2D eigenvalue weighted by Crippen LogP contribution is -2.40. The molecule has 24 heavy (non-hydrogen) atoms. The number of likely N-dealkylation sites (tertiary alicyclic amines) is 1. The van der Waals surface area contributed by atoms with Gasteiger partial charge in [-0.2, -0.15) is 0 Å². The van der Waals surface area contributed by atoms with Gasteiger partial charge in [0.2, 0.25) is 5.91 Å². The maximum Gasteiger partial charge on any atom is 0.229 e. The average Bonchev–Trinajstić information content (AvgIpc) is 2.90. The van der Waals surface area contributed by atoms with Crippen molar-refractivity contribution in [3.8, 4) is 0 Å². The summed E-state index contributed by atoms with van der Waals surface area (Å²) in [6.45, 7) is 3.73. The van der Waals surface area contributed by atoms with Crippen LogP contribution in [0.1, 0.15) is 37.8 Å². The van der Waals surface area contributed by atoms with E-state index in [1.54, 1.807) is 19.1 Å². The minimum absolute atomic E-state index is 0.204. The van der Waals surface area contributed by atoms with Gasteiger partial charge in [-0.05, 0) is 51.4 Å². The van der Waals surface area contributed by atoms with Gasteiger partial charge in [0.15, 0.2) is 0 Å². The number of nitrogens with zero attached hydrogens (tertiary/aromatic N) is 1. The third kappa shape index (κ3) is 3.26. The Kier molecular flexibility index (Phi) is 5.05. The summed E-state index contributed by atoms with van der Waals surface area (Å²) in [6, 6.07) is 4.36. The number of hydrogen-bond acceptors (Lipinski definition) is 2. The maximum atomic E-state index is 14.4. The fraction of sp³-hybridized carbons (Fsp3) is 0.588. The Labute approximate surface area is 156 Å². The van der Waals surface area contributed by atoms with E-state index in [0.717, 1.165) is 25.9 Å². The highest BCUT2D eigenvalue weighted by Crippen LogP contribution is 2.63. The second kappa shape index (κ2) is 6.64. The van der Waals surface area contributed by atoms with Gasteiger partial charge in [0.1, 0.15) is 10.2 Å². The molecule has 7 heteroatoms. The Hall–Kier alpha value is -0.550. The average molecular weight is 394 g/mol. The zero-order valence-electron chi connectivity index (χ0n) is 13.4. The first-order valence-electron chi connectivity index (χ1n) is 8.10. The Bertz CT molecular complexity index is 628. The topological polar surface area (TPSA) is 32.3 Å². The van der Waals surface area contributed by atoms with Crippen molar-refractivity contribution in [2.24, 2.45) is 5.41 Å². The third-order valence-corrected chi connectivity index (χ3v) is 6.56. The molecule has 3 rings (SSSR count). The molecule has 1 amide bonds. The predicted octanol–water partition coefficient (Wildman–Crippen LogP) is 4.32. The normalized spacial score (nSPS) is 27.0. The minimum Gasteiger partial charge on any atom is -0.354 e. The van der Waals surface area contributed by atoms with E-state index in [-0.39, 0.29) is 24.3 Å². The summed E-state index contributed by atoms with van der Waals surface area (Å²) in [4.78, 5) is 14.6. The molecule has 2 fully saturated rings. The highest BCUT2D eigenvalue weighted by atomic mass is 35.5. The molecule has 0 radical (unpaired) electrons. The number of hydrogen-bond donors (Lipinski definition) is 1. The number of carbonyl (C=O) groups is 1. The van der Waals surface area contributed by atoms with Crippen LogP contribution in [0, 0.1) is 11.2 Å². The van der Waals surface area contributed by atoms with Crippen molar-refractivity contribution in [3.05, 3.63) is 34.6 Å². The summed E-state index contributed by atoms with van der Waals surface area (Å²) in [5, 5.41) is 3.27. The van der Waals surface area contributed by atoms with E-state index in [4.69, 9.17) is 34.8 Å². The molecule has 1 N–H and O–H groups in total. The second-order valence-electron chi connectivity index (χ2n) is 6.82. The van der Waals surface area contributed by atoms with E-state index >= 15 is 0 Å². The number of rotatable bonds is 5. The molecule has 0 aromatic heterocycles. The Morgan fingerprint density at radius 1 is 1.38 bits per heavy atom. The summed E-state index contributed by atoms with van der Waals surface area (Å²) >= 11 is 18.4. The van der Waals surface area contributed by atoms with E-state index < -0.39 is 9.75 Å². The van der Waals surface area contributed by atoms with Crippen LogP contribution in [0.25, 0.3) is 0 Å². The van der Waals surface area contributed by atoms with Gasteiger partial charge >= 0.3 is 0 Å². The van der Waals surface area contributed by atoms with E-state index in [1.165, 1.54) is 6.07 Å². The molecule has 2 atom stereocenters. The molecule has 0 unspecified atom stereocenters. The molecule has 1 saturated heterocycles. The standard InChI is InChI=1S/C17H20Cl3FN2O/c1-16(10-17(16,19)20)15(24)22-9-13(23-7-2-3-8-23)14-11(18)5-4-6-12(14)21/h4-6,13H,2-3,7-10H2,1H3,(H,22,24)/t13-,16+/m1/s1. The summed E-state index contributed by atoms with van der Waals surface area (Å²) in [5.74, 6) is -0.556. The molecule has 1 saturated carbocycles. The monoisotopic (exact) mass is 392 g/mol. The van der Waals surface area contributed by atoms with Crippen molar-refractivity contribution in [1.29, 1.82) is 0 Å². The van der Waals surface area contributed by atoms with E-state index in [1.807, 2.05) is 0 Å². The lowest BCUT2D eigenvalue weighted by Gasteiger charge is -2.29. The molecule has 0 bridgehead atoms. The number of halogens is 4. The Balaban J connectivity index is 1.78. The maximum absolute atomic E-state index is 14.4. The van der Waals surface area contributed by atoms with Gasteiger partial charge in [0.05, 0.1) is 11.5 Å². The van der Waals surface area contributed by atoms with Crippen LogP contribution in [0.2, 0.25) is 5.02 Å². The van der Waals surface area contributed by atoms with Crippen LogP contribution in [0.15, 0.2) is 18.2 Å². The van der Waals surface area contributed by atoms with Gasteiger partial charge in [-0.3, -0.25) is 9.69 Å². The highest BCUT2D eigenvalue weighted by molar-refractivity contribution is 6.53. The van der Waals surface area contributed by atoms with Crippen molar-refractivity contribution in [3.63, 3.8) is 0 Å². The van der Waals surface area contributed by atoms with Gasteiger partial charge in [-0.15, -0.1) is 23.2 Å². The molecule has 132 valence electrons. The van der Waals surface area contributed by atoms with Gasteiger partial charge < -0.3 is 5.32 Å². The fourth-order valence-corrected chi connectivity index (χ4v) is 4.32. The zero-order valence-corrected chi connectivity index (χ0v) is 15.7. The number of amides is 1.